The van der Waals surface area contributed by atoms with Crippen LogP contribution in [0.15, 0.2) is 0 Å². The van der Waals surface area contributed by atoms with E-state index in [0.29, 0.717) is 13.0 Å². The molecular formula is C16H29NO4S. The van der Waals surface area contributed by atoms with Crippen molar-refractivity contribution in [2.24, 2.45) is 5.41 Å². The molecule has 0 bridgehead atoms. The Bertz CT molecular complexity index is 403. The highest BCUT2D eigenvalue weighted by Crippen LogP contribution is 2.47. The Morgan fingerprint density at radius 2 is 1.91 bits per heavy atom. The van der Waals surface area contributed by atoms with Gasteiger partial charge >= 0.3 is 6.09 Å². The van der Waals surface area contributed by atoms with Crippen molar-refractivity contribution >= 4 is 17.9 Å². The zero-order chi connectivity index (χ0) is 16.4. The molecule has 2 N–H and O–H groups in total. The van der Waals surface area contributed by atoms with E-state index in [-0.39, 0.29) is 19.2 Å². The highest BCUT2D eigenvalue weighted by Gasteiger charge is 2.53. The molecule has 0 aromatic carbocycles. The smallest absolute Gasteiger partial charge is 0.410 e. The molecule has 1 amide bonds. The lowest BCUT2D eigenvalue weighted by molar-refractivity contribution is -0.146. The summed E-state index contributed by atoms with van der Waals surface area (Å²) in [5.74, 6) is 1.91. The molecule has 0 spiro atoms. The molecule has 1 atom stereocenters. The Morgan fingerprint density at radius 3 is 2.45 bits per heavy atom. The predicted molar refractivity (Wildman–Crippen MR) is 88.1 cm³/mol. The molecule has 0 aromatic heterocycles. The highest BCUT2D eigenvalue weighted by molar-refractivity contribution is 7.99. The van der Waals surface area contributed by atoms with Crippen molar-refractivity contribution in [3.8, 4) is 0 Å². The molecule has 0 aromatic rings. The molecule has 2 aliphatic heterocycles. The fourth-order valence-electron chi connectivity index (χ4n) is 3.48. The van der Waals surface area contributed by atoms with Crippen molar-refractivity contribution in [1.82, 2.24) is 4.90 Å². The quantitative estimate of drug-likeness (QED) is 0.812. The first-order valence-electron chi connectivity index (χ1n) is 8.10. The van der Waals surface area contributed by atoms with Crippen LogP contribution in [0.5, 0.6) is 0 Å². The van der Waals surface area contributed by atoms with Gasteiger partial charge in [0.15, 0.2) is 0 Å². The lowest BCUT2D eigenvalue weighted by Gasteiger charge is -2.52. The van der Waals surface area contributed by atoms with Gasteiger partial charge in [0.1, 0.15) is 5.60 Å². The maximum absolute atomic E-state index is 12.3. The third kappa shape index (κ3) is 3.71. The third-order valence-corrected chi connectivity index (χ3v) is 5.85. The van der Waals surface area contributed by atoms with Crippen molar-refractivity contribution in [2.75, 3.05) is 31.2 Å². The molecule has 1 unspecified atom stereocenters. The monoisotopic (exact) mass is 331 g/mol. The van der Waals surface area contributed by atoms with Gasteiger partial charge in [-0.1, -0.05) is 0 Å². The van der Waals surface area contributed by atoms with Crippen molar-refractivity contribution in [3.63, 3.8) is 0 Å². The van der Waals surface area contributed by atoms with E-state index in [1.165, 1.54) is 0 Å². The summed E-state index contributed by atoms with van der Waals surface area (Å²) in [6.45, 7) is 6.37. The van der Waals surface area contributed by atoms with E-state index >= 15 is 0 Å². The molecule has 5 nitrogen and oxygen atoms in total. The number of hydrogen-bond donors (Lipinski definition) is 2. The second-order valence-corrected chi connectivity index (χ2v) is 8.81. The largest absolute Gasteiger partial charge is 0.444 e. The molecular weight excluding hydrogens is 302 g/mol. The number of carbonyl (C=O) groups is 1. The maximum Gasteiger partial charge on any atom is 0.410 e. The van der Waals surface area contributed by atoms with E-state index < -0.39 is 16.6 Å². The van der Waals surface area contributed by atoms with Crippen LogP contribution in [0.1, 0.15) is 46.5 Å². The zero-order valence-corrected chi connectivity index (χ0v) is 14.7. The van der Waals surface area contributed by atoms with E-state index in [0.717, 1.165) is 30.8 Å². The van der Waals surface area contributed by atoms with Crippen LogP contribution in [0.3, 0.4) is 0 Å². The number of ether oxygens (including phenoxy) is 1. The Labute approximate surface area is 137 Å². The lowest BCUT2D eigenvalue weighted by Crippen LogP contribution is -2.62. The molecule has 2 fully saturated rings. The Balaban J connectivity index is 2.12. The van der Waals surface area contributed by atoms with Gasteiger partial charge < -0.3 is 19.8 Å². The van der Waals surface area contributed by atoms with E-state index in [4.69, 9.17) is 4.74 Å². The second-order valence-electron chi connectivity index (χ2n) is 7.59. The van der Waals surface area contributed by atoms with Crippen LogP contribution in [0.4, 0.5) is 4.79 Å². The van der Waals surface area contributed by atoms with Gasteiger partial charge in [0.2, 0.25) is 0 Å². The number of amides is 1. The normalized spacial score (nSPS) is 29.2. The van der Waals surface area contributed by atoms with Crippen LogP contribution in [0, 0.1) is 5.41 Å². The average Bonchev–Trinajstić information content (AvgIpc) is 2.46. The van der Waals surface area contributed by atoms with E-state index in [1.54, 1.807) is 4.90 Å². The summed E-state index contributed by atoms with van der Waals surface area (Å²) in [6, 6.07) is 0. The number of β-amino-alcohol motifs (C(OH)–C–C–N with tert-alkyl or cyclic N) is 1. The van der Waals surface area contributed by atoms with E-state index in [2.05, 4.69) is 0 Å². The van der Waals surface area contributed by atoms with Gasteiger partial charge in [-0.3, -0.25) is 0 Å². The minimum absolute atomic E-state index is 0.0216. The predicted octanol–water partition coefficient (Wildman–Crippen LogP) is 2.25. The lowest BCUT2D eigenvalue weighted by atomic mass is 9.65. The first kappa shape index (κ1) is 17.9. The molecule has 6 heteroatoms. The van der Waals surface area contributed by atoms with Gasteiger partial charge in [0, 0.05) is 12.0 Å². The fourth-order valence-corrected chi connectivity index (χ4v) is 4.76. The van der Waals surface area contributed by atoms with Crippen LogP contribution >= 0.6 is 11.8 Å². The van der Waals surface area contributed by atoms with Crippen molar-refractivity contribution in [1.29, 1.82) is 0 Å². The number of rotatable bonds is 2. The summed E-state index contributed by atoms with van der Waals surface area (Å²) in [4.78, 5) is 13.9. The molecule has 2 saturated heterocycles. The fraction of sp³-hybridized carbons (Fsp3) is 0.938. The minimum Gasteiger partial charge on any atom is -0.444 e. The molecule has 0 aliphatic carbocycles. The molecule has 22 heavy (non-hydrogen) atoms. The molecule has 128 valence electrons. The summed E-state index contributed by atoms with van der Waals surface area (Å²) in [5, 5.41) is 21.2. The van der Waals surface area contributed by atoms with Crippen molar-refractivity contribution < 1.29 is 19.7 Å². The van der Waals surface area contributed by atoms with E-state index in [1.807, 2.05) is 32.5 Å². The number of aliphatic hydroxyl groups is 2. The molecule has 2 heterocycles. The first-order valence-corrected chi connectivity index (χ1v) is 9.26. The molecule has 0 saturated carbocycles. The van der Waals surface area contributed by atoms with E-state index in [9.17, 15) is 15.0 Å². The van der Waals surface area contributed by atoms with Crippen LogP contribution in [0.25, 0.3) is 0 Å². The second kappa shape index (κ2) is 6.57. The summed E-state index contributed by atoms with van der Waals surface area (Å²) < 4.78 is 5.43. The molecule has 0 radical (unpaired) electrons. The zero-order valence-electron chi connectivity index (χ0n) is 13.9. The Hall–Kier alpha value is -0.460. The van der Waals surface area contributed by atoms with Gasteiger partial charge in [-0.15, -0.1) is 0 Å². The Morgan fingerprint density at radius 1 is 1.27 bits per heavy atom. The summed E-state index contributed by atoms with van der Waals surface area (Å²) >= 11 is 1.86. The number of nitrogens with zero attached hydrogens (tertiary/aromatic N) is 1. The maximum atomic E-state index is 12.3. The molecule has 2 aliphatic rings. The number of thioether (sulfide) groups is 1. The topological polar surface area (TPSA) is 70.0 Å². The van der Waals surface area contributed by atoms with Crippen LogP contribution in [-0.2, 0) is 4.74 Å². The number of hydrogen-bond acceptors (Lipinski definition) is 5. The van der Waals surface area contributed by atoms with Crippen LogP contribution in [-0.4, -0.2) is 63.6 Å². The highest BCUT2D eigenvalue weighted by atomic mass is 32.2. The van der Waals surface area contributed by atoms with Crippen LogP contribution in [0.2, 0.25) is 0 Å². The summed E-state index contributed by atoms with van der Waals surface area (Å²) in [7, 11) is 0. The minimum atomic E-state index is -1.02. The summed E-state index contributed by atoms with van der Waals surface area (Å²) in [6.07, 6.45) is 2.60. The number of piperidine rings is 1. The summed E-state index contributed by atoms with van der Waals surface area (Å²) in [5.41, 5.74) is -2.04. The van der Waals surface area contributed by atoms with Gasteiger partial charge in [-0.05, 0) is 58.0 Å². The third-order valence-electron chi connectivity index (χ3n) is 4.86. The van der Waals surface area contributed by atoms with Gasteiger partial charge in [-0.2, -0.15) is 11.8 Å². The standard InChI is InChI=1S/C16H29NO4S/c1-14(2,3)21-13(19)17-8-4-5-16(20,11-17)15(12-18)6-9-22-10-7-15/h18,20H,4-12H2,1-3H3. The van der Waals surface area contributed by atoms with Gasteiger partial charge in [-0.25, -0.2) is 4.79 Å². The van der Waals surface area contributed by atoms with Crippen molar-refractivity contribution in [3.05, 3.63) is 0 Å². The SMILES string of the molecule is CC(C)(C)OC(=O)N1CCCC(O)(C2(CO)CCSCC2)C1. The van der Waals surface area contributed by atoms with Crippen molar-refractivity contribution in [2.45, 2.75) is 57.7 Å². The number of likely N-dealkylation sites (tertiary alicyclic amines) is 1. The Kier molecular flexibility index (Phi) is 5.34. The van der Waals surface area contributed by atoms with Gasteiger partial charge in [0.05, 0.1) is 18.8 Å². The number of carbonyl (C=O) groups excluding carboxylic acids is 1. The first-order chi connectivity index (χ1) is 10.2. The van der Waals surface area contributed by atoms with Gasteiger partial charge in [0.25, 0.3) is 0 Å². The average molecular weight is 331 g/mol. The molecule has 2 rings (SSSR count). The number of aliphatic hydroxyl groups excluding tert-OH is 1. The van der Waals surface area contributed by atoms with Crippen LogP contribution < -0.4 is 0 Å².